The summed E-state index contributed by atoms with van der Waals surface area (Å²) in [4.78, 5) is 2.36. The highest BCUT2D eigenvalue weighted by atomic mass is 79.9. The standard InChI is InChI=1S/C13H16BrNO2S/c14-12-3-1-11(2-4-12)13(5-6-13)15-7-9-18(16,17)10-8-15/h1-4H,5-10H2. The number of halogens is 1. The largest absolute Gasteiger partial charge is 0.292 e. The minimum atomic E-state index is -2.79. The Morgan fingerprint density at radius 2 is 1.61 bits per heavy atom. The lowest BCUT2D eigenvalue weighted by Crippen LogP contribution is -2.46. The highest BCUT2D eigenvalue weighted by molar-refractivity contribution is 9.10. The van der Waals surface area contributed by atoms with Crippen LogP contribution in [-0.4, -0.2) is 37.9 Å². The maximum absolute atomic E-state index is 11.5. The van der Waals surface area contributed by atoms with Crippen LogP contribution in [0.4, 0.5) is 0 Å². The summed E-state index contributed by atoms with van der Waals surface area (Å²) in [6.07, 6.45) is 2.30. The molecule has 2 aliphatic rings. The van der Waals surface area contributed by atoms with Gasteiger partial charge in [0.05, 0.1) is 11.5 Å². The predicted molar refractivity (Wildman–Crippen MR) is 75.3 cm³/mol. The summed E-state index contributed by atoms with van der Waals surface area (Å²) in [5, 5.41) is 0. The highest BCUT2D eigenvalue weighted by Gasteiger charge is 2.50. The van der Waals surface area contributed by atoms with E-state index in [9.17, 15) is 8.42 Å². The first kappa shape index (κ1) is 12.6. The number of nitrogens with zero attached hydrogens (tertiary/aromatic N) is 1. The Labute approximate surface area is 116 Å². The second-order valence-electron chi connectivity index (χ2n) is 5.18. The maximum Gasteiger partial charge on any atom is 0.152 e. The molecule has 1 saturated carbocycles. The topological polar surface area (TPSA) is 37.4 Å². The van der Waals surface area contributed by atoms with E-state index in [0.717, 1.165) is 17.3 Å². The van der Waals surface area contributed by atoms with Crippen molar-refractivity contribution in [2.75, 3.05) is 24.6 Å². The van der Waals surface area contributed by atoms with E-state index in [-0.39, 0.29) is 5.54 Å². The van der Waals surface area contributed by atoms with E-state index < -0.39 is 9.84 Å². The summed E-state index contributed by atoms with van der Waals surface area (Å²) in [5.74, 6) is 0.622. The molecule has 3 rings (SSSR count). The molecule has 1 heterocycles. The second-order valence-corrected chi connectivity index (χ2v) is 8.40. The monoisotopic (exact) mass is 329 g/mol. The quantitative estimate of drug-likeness (QED) is 0.834. The molecule has 98 valence electrons. The predicted octanol–water partition coefficient (Wildman–Crippen LogP) is 2.17. The van der Waals surface area contributed by atoms with Crippen molar-refractivity contribution < 1.29 is 8.42 Å². The fourth-order valence-electron chi connectivity index (χ4n) is 2.81. The van der Waals surface area contributed by atoms with Gasteiger partial charge in [0, 0.05) is 23.1 Å². The molecule has 0 aromatic heterocycles. The van der Waals surface area contributed by atoms with E-state index in [1.165, 1.54) is 5.56 Å². The molecule has 0 N–H and O–H groups in total. The van der Waals surface area contributed by atoms with Crippen LogP contribution in [0, 0.1) is 0 Å². The molecular formula is C13H16BrNO2S. The van der Waals surface area contributed by atoms with Crippen molar-refractivity contribution in [3.05, 3.63) is 34.3 Å². The fourth-order valence-corrected chi connectivity index (χ4v) is 4.27. The van der Waals surface area contributed by atoms with E-state index >= 15 is 0 Å². The van der Waals surface area contributed by atoms with Crippen LogP contribution in [0.15, 0.2) is 28.7 Å². The molecule has 0 radical (unpaired) electrons. The lowest BCUT2D eigenvalue weighted by molar-refractivity contribution is 0.192. The summed E-state index contributed by atoms with van der Waals surface area (Å²) in [6.45, 7) is 1.36. The molecule has 1 aliphatic heterocycles. The molecule has 0 bridgehead atoms. The summed E-state index contributed by atoms with van der Waals surface area (Å²) in [7, 11) is -2.79. The lowest BCUT2D eigenvalue weighted by atomic mass is 10.0. The van der Waals surface area contributed by atoms with Crippen LogP contribution in [0.2, 0.25) is 0 Å². The van der Waals surface area contributed by atoms with E-state index in [0.29, 0.717) is 24.6 Å². The normalized spacial score (nSPS) is 25.8. The molecule has 1 aromatic carbocycles. The molecule has 3 nitrogen and oxygen atoms in total. The third-order valence-electron chi connectivity index (χ3n) is 4.05. The zero-order chi connectivity index (χ0) is 12.8. The minimum absolute atomic E-state index is 0.122. The van der Waals surface area contributed by atoms with Gasteiger partial charge in [-0.2, -0.15) is 0 Å². The van der Waals surface area contributed by atoms with Gasteiger partial charge in [-0.15, -0.1) is 0 Å². The van der Waals surface area contributed by atoms with Crippen molar-refractivity contribution in [3.63, 3.8) is 0 Å². The summed E-state index contributed by atoms with van der Waals surface area (Å²) in [6, 6.07) is 8.44. The number of hydrogen-bond acceptors (Lipinski definition) is 3. The third-order valence-corrected chi connectivity index (χ3v) is 6.19. The fraction of sp³-hybridized carbons (Fsp3) is 0.538. The van der Waals surface area contributed by atoms with Crippen LogP contribution in [0.1, 0.15) is 18.4 Å². The van der Waals surface area contributed by atoms with Crippen LogP contribution in [-0.2, 0) is 15.4 Å². The van der Waals surface area contributed by atoms with Crippen molar-refractivity contribution in [3.8, 4) is 0 Å². The van der Waals surface area contributed by atoms with Gasteiger partial charge in [0.2, 0.25) is 0 Å². The van der Waals surface area contributed by atoms with Gasteiger partial charge in [-0.3, -0.25) is 4.90 Å². The molecule has 0 amide bonds. The third kappa shape index (κ3) is 2.24. The molecule has 18 heavy (non-hydrogen) atoms. The van der Waals surface area contributed by atoms with Crippen LogP contribution < -0.4 is 0 Å². The molecule has 0 spiro atoms. The molecule has 1 aliphatic carbocycles. The zero-order valence-corrected chi connectivity index (χ0v) is 12.5. The maximum atomic E-state index is 11.5. The average molecular weight is 330 g/mol. The van der Waals surface area contributed by atoms with Crippen molar-refractivity contribution in [1.82, 2.24) is 4.90 Å². The van der Waals surface area contributed by atoms with Crippen molar-refractivity contribution in [2.24, 2.45) is 0 Å². The van der Waals surface area contributed by atoms with Gasteiger partial charge in [0.25, 0.3) is 0 Å². The first-order valence-electron chi connectivity index (χ1n) is 6.23. The van der Waals surface area contributed by atoms with E-state index in [1.54, 1.807) is 0 Å². The minimum Gasteiger partial charge on any atom is -0.292 e. The van der Waals surface area contributed by atoms with E-state index in [1.807, 2.05) is 0 Å². The number of sulfone groups is 1. The van der Waals surface area contributed by atoms with Crippen LogP contribution in [0.5, 0.6) is 0 Å². The van der Waals surface area contributed by atoms with E-state index in [2.05, 4.69) is 45.1 Å². The van der Waals surface area contributed by atoms with Crippen molar-refractivity contribution >= 4 is 25.8 Å². The smallest absolute Gasteiger partial charge is 0.152 e. The molecule has 1 saturated heterocycles. The van der Waals surface area contributed by atoms with Gasteiger partial charge in [0.1, 0.15) is 0 Å². The Balaban J connectivity index is 1.82. The second kappa shape index (κ2) is 4.32. The molecule has 5 heteroatoms. The Bertz CT molecular complexity index is 535. The SMILES string of the molecule is O=S1(=O)CCN(C2(c3ccc(Br)cc3)CC2)CC1. The van der Waals surface area contributed by atoms with Gasteiger partial charge in [0.15, 0.2) is 9.84 Å². The number of hydrogen-bond donors (Lipinski definition) is 0. The van der Waals surface area contributed by atoms with Gasteiger partial charge in [-0.25, -0.2) is 8.42 Å². The Morgan fingerprint density at radius 3 is 2.11 bits per heavy atom. The first-order valence-corrected chi connectivity index (χ1v) is 8.85. The van der Waals surface area contributed by atoms with E-state index in [4.69, 9.17) is 0 Å². The molecule has 1 aromatic rings. The summed E-state index contributed by atoms with van der Waals surface area (Å²) >= 11 is 3.45. The van der Waals surface area contributed by atoms with Gasteiger partial charge < -0.3 is 0 Å². The molecule has 0 unspecified atom stereocenters. The molecule has 2 fully saturated rings. The Morgan fingerprint density at radius 1 is 1.06 bits per heavy atom. The first-order chi connectivity index (χ1) is 8.52. The van der Waals surface area contributed by atoms with Crippen LogP contribution in [0.25, 0.3) is 0 Å². The number of benzene rings is 1. The highest BCUT2D eigenvalue weighted by Crippen LogP contribution is 2.51. The van der Waals surface area contributed by atoms with Gasteiger partial charge in [-0.05, 0) is 30.5 Å². The van der Waals surface area contributed by atoms with Crippen molar-refractivity contribution in [2.45, 2.75) is 18.4 Å². The Kier molecular flexibility index (Phi) is 3.03. The molecular weight excluding hydrogens is 314 g/mol. The average Bonchev–Trinajstić information content (AvgIpc) is 3.11. The van der Waals surface area contributed by atoms with Gasteiger partial charge in [-0.1, -0.05) is 28.1 Å². The zero-order valence-electron chi connectivity index (χ0n) is 10.1. The van der Waals surface area contributed by atoms with Crippen LogP contribution in [0.3, 0.4) is 0 Å². The number of rotatable bonds is 2. The lowest BCUT2D eigenvalue weighted by Gasteiger charge is -2.35. The Hall–Kier alpha value is -0.390. The summed E-state index contributed by atoms with van der Waals surface area (Å²) < 4.78 is 24.1. The summed E-state index contributed by atoms with van der Waals surface area (Å²) in [5.41, 5.74) is 1.45. The van der Waals surface area contributed by atoms with Gasteiger partial charge >= 0.3 is 0 Å². The molecule has 0 atom stereocenters. The van der Waals surface area contributed by atoms with Crippen molar-refractivity contribution in [1.29, 1.82) is 0 Å². The van der Waals surface area contributed by atoms with Crippen LogP contribution >= 0.6 is 15.9 Å².